The Balaban J connectivity index is 1.78. The van der Waals surface area contributed by atoms with Crippen molar-refractivity contribution in [3.05, 3.63) is 47.7 Å². The molecule has 2 atom stereocenters. The van der Waals surface area contributed by atoms with Gasteiger partial charge in [0.2, 0.25) is 10.0 Å². The van der Waals surface area contributed by atoms with Gasteiger partial charge in [-0.15, -0.1) is 0 Å². The number of aryl methyl sites for hydroxylation is 1. The summed E-state index contributed by atoms with van der Waals surface area (Å²) in [6.07, 6.45) is 4.81. The molecule has 1 aromatic heterocycles. The highest BCUT2D eigenvalue weighted by Crippen LogP contribution is 2.34. The molecule has 1 fully saturated rings. The lowest BCUT2D eigenvalue weighted by Crippen LogP contribution is -2.46. The molecule has 10 heteroatoms. The topological polar surface area (TPSA) is 134 Å². The Morgan fingerprint density at radius 1 is 1.19 bits per heavy atom. The van der Waals surface area contributed by atoms with Crippen LogP contribution in [0.1, 0.15) is 43.9 Å². The highest BCUT2D eigenvalue weighted by Gasteiger charge is 2.34. The van der Waals surface area contributed by atoms with Gasteiger partial charge in [0, 0.05) is 12.2 Å². The molecule has 4 N–H and O–H groups in total. The van der Waals surface area contributed by atoms with Crippen LogP contribution in [0.5, 0.6) is 0 Å². The van der Waals surface area contributed by atoms with Crippen molar-refractivity contribution < 1.29 is 18.0 Å². The lowest BCUT2D eigenvalue weighted by Gasteiger charge is -2.38. The number of anilines is 3. The number of nitrogens with zero attached hydrogens (tertiary/aromatic N) is 2. The van der Waals surface area contributed by atoms with E-state index in [1.165, 1.54) is 6.20 Å². The first-order chi connectivity index (χ1) is 15.1. The largest absolute Gasteiger partial charge is 0.383 e. The molecule has 1 aliphatic heterocycles. The number of piperidine rings is 1. The third kappa shape index (κ3) is 5.76. The first-order valence-corrected chi connectivity index (χ1v) is 12.4. The average Bonchev–Trinajstić information content (AvgIpc) is 2.74. The predicted octanol–water partition coefficient (Wildman–Crippen LogP) is 2.54. The lowest BCUT2D eigenvalue weighted by molar-refractivity contribution is -0.146. The van der Waals surface area contributed by atoms with Gasteiger partial charge in [-0.1, -0.05) is 26.0 Å². The SMILES string of the molecule is CCc1cc(NC(=O)C(=O)N2C[C@H](C)CC[C@H]2c2ccc(NS(C)(=O)=O)cc2)cnc1N. The van der Waals surface area contributed by atoms with E-state index in [-0.39, 0.29) is 12.0 Å². The van der Waals surface area contributed by atoms with Gasteiger partial charge < -0.3 is 16.0 Å². The average molecular weight is 460 g/mol. The molecule has 0 unspecified atom stereocenters. The van der Waals surface area contributed by atoms with Gasteiger partial charge in [0.25, 0.3) is 0 Å². The van der Waals surface area contributed by atoms with Crippen LogP contribution in [-0.2, 0) is 26.0 Å². The van der Waals surface area contributed by atoms with Crippen molar-refractivity contribution in [2.75, 3.05) is 28.6 Å². The Bertz CT molecular complexity index is 1100. The Morgan fingerprint density at radius 3 is 2.50 bits per heavy atom. The Hall–Kier alpha value is -3.14. The van der Waals surface area contributed by atoms with Crippen LogP contribution in [0.25, 0.3) is 0 Å². The molecule has 172 valence electrons. The number of nitrogens with one attached hydrogen (secondary N) is 2. The summed E-state index contributed by atoms with van der Waals surface area (Å²) in [5, 5.41) is 2.64. The summed E-state index contributed by atoms with van der Waals surface area (Å²) in [4.78, 5) is 31.5. The summed E-state index contributed by atoms with van der Waals surface area (Å²) in [5.74, 6) is -0.683. The molecule has 0 radical (unpaired) electrons. The summed E-state index contributed by atoms with van der Waals surface area (Å²) in [7, 11) is -3.38. The molecule has 3 rings (SSSR count). The molecule has 2 amide bonds. The summed E-state index contributed by atoms with van der Waals surface area (Å²) in [5.41, 5.74) is 8.32. The maximum atomic E-state index is 13.1. The molecular formula is C22H29N5O4S. The van der Waals surface area contributed by atoms with Gasteiger partial charge in [0.1, 0.15) is 5.82 Å². The number of pyridine rings is 1. The molecule has 1 saturated heterocycles. The second kappa shape index (κ2) is 9.56. The van der Waals surface area contributed by atoms with E-state index in [1.807, 2.05) is 13.8 Å². The van der Waals surface area contributed by atoms with E-state index < -0.39 is 21.8 Å². The van der Waals surface area contributed by atoms with Crippen LogP contribution >= 0.6 is 0 Å². The van der Waals surface area contributed by atoms with Gasteiger partial charge in [0.05, 0.1) is 24.2 Å². The van der Waals surface area contributed by atoms with Gasteiger partial charge in [-0.2, -0.15) is 0 Å². The summed E-state index contributed by atoms with van der Waals surface area (Å²) >= 11 is 0. The quantitative estimate of drug-likeness (QED) is 0.588. The molecular weight excluding hydrogens is 430 g/mol. The number of likely N-dealkylation sites (tertiary alicyclic amines) is 1. The standard InChI is InChI=1S/C22H29N5O4S/c1-4-15-11-18(12-24-20(15)23)25-21(28)22(29)27-13-14(2)5-10-19(27)16-6-8-17(9-7-16)26-32(3,30)31/h6-9,11-12,14,19,26H,4-5,10,13H2,1-3H3,(H2,23,24)(H,25,28)/t14-,19+/m1/s1. The fraction of sp³-hybridized carbons (Fsp3) is 0.409. The zero-order chi connectivity index (χ0) is 23.5. The van der Waals surface area contributed by atoms with Crippen LogP contribution in [0.15, 0.2) is 36.5 Å². The molecule has 0 spiro atoms. The monoisotopic (exact) mass is 459 g/mol. The number of hydrogen-bond donors (Lipinski definition) is 3. The van der Waals surface area contributed by atoms with Crippen molar-refractivity contribution in [1.82, 2.24) is 9.88 Å². The van der Waals surface area contributed by atoms with Crippen LogP contribution in [0.3, 0.4) is 0 Å². The minimum atomic E-state index is -3.38. The maximum absolute atomic E-state index is 13.1. The molecule has 32 heavy (non-hydrogen) atoms. The van der Waals surface area contributed by atoms with Crippen molar-refractivity contribution in [3.63, 3.8) is 0 Å². The number of sulfonamides is 1. The Labute approximate surface area is 188 Å². The second-order valence-corrected chi connectivity index (χ2v) is 9.98. The van der Waals surface area contributed by atoms with E-state index >= 15 is 0 Å². The van der Waals surface area contributed by atoms with Crippen LogP contribution in [0, 0.1) is 5.92 Å². The minimum absolute atomic E-state index is 0.263. The molecule has 1 aliphatic rings. The van der Waals surface area contributed by atoms with E-state index in [0.717, 1.165) is 23.8 Å². The van der Waals surface area contributed by atoms with Crippen LogP contribution in [0.2, 0.25) is 0 Å². The molecule has 2 aromatic rings. The third-order valence-corrected chi connectivity index (χ3v) is 6.12. The number of carbonyl (C=O) groups excluding carboxylic acids is 2. The fourth-order valence-corrected chi connectivity index (χ4v) is 4.46. The van der Waals surface area contributed by atoms with Gasteiger partial charge in [-0.05, 0) is 54.5 Å². The maximum Gasteiger partial charge on any atom is 0.313 e. The number of nitrogen functional groups attached to an aromatic ring is 1. The molecule has 1 aromatic carbocycles. The summed E-state index contributed by atoms with van der Waals surface area (Å²) in [6, 6.07) is 8.32. The van der Waals surface area contributed by atoms with Crippen molar-refractivity contribution in [2.45, 2.75) is 39.2 Å². The summed E-state index contributed by atoms with van der Waals surface area (Å²) < 4.78 is 25.3. The van der Waals surface area contributed by atoms with Crippen molar-refractivity contribution in [3.8, 4) is 0 Å². The second-order valence-electron chi connectivity index (χ2n) is 8.23. The predicted molar refractivity (Wildman–Crippen MR) is 124 cm³/mol. The zero-order valence-corrected chi connectivity index (χ0v) is 19.3. The number of benzene rings is 1. The number of nitrogens with two attached hydrogens (primary N) is 1. The van der Waals surface area contributed by atoms with Gasteiger partial charge in [-0.25, -0.2) is 13.4 Å². The lowest BCUT2D eigenvalue weighted by atomic mass is 9.89. The van der Waals surface area contributed by atoms with E-state index in [4.69, 9.17) is 5.73 Å². The Morgan fingerprint density at radius 2 is 1.88 bits per heavy atom. The van der Waals surface area contributed by atoms with Gasteiger partial charge in [-0.3, -0.25) is 14.3 Å². The highest BCUT2D eigenvalue weighted by atomic mass is 32.2. The molecule has 9 nitrogen and oxygen atoms in total. The molecule has 0 saturated carbocycles. The van der Waals surface area contributed by atoms with Crippen LogP contribution < -0.4 is 15.8 Å². The van der Waals surface area contributed by atoms with E-state index in [9.17, 15) is 18.0 Å². The highest BCUT2D eigenvalue weighted by molar-refractivity contribution is 7.92. The van der Waals surface area contributed by atoms with E-state index in [1.54, 1.807) is 35.2 Å². The third-order valence-electron chi connectivity index (χ3n) is 5.51. The first-order valence-electron chi connectivity index (χ1n) is 10.5. The number of aromatic nitrogens is 1. The summed E-state index contributed by atoms with van der Waals surface area (Å²) in [6.45, 7) is 4.44. The zero-order valence-electron chi connectivity index (χ0n) is 18.5. The number of amides is 2. The molecule has 0 aliphatic carbocycles. The normalized spacial score (nSPS) is 18.8. The fourth-order valence-electron chi connectivity index (χ4n) is 3.90. The number of hydrogen-bond acceptors (Lipinski definition) is 6. The van der Waals surface area contributed by atoms with Crippen LogP contribution in [-0.4, -0.2) is 42.9 Å². The number of carbonyl (C=O) groups is 2. The van der Waals surface area contributed by atoms with Crippen LogP contribution in [0.4, 0.5) is 17.2 Å². The van der Waals surface area contributed by atoms with Gasteiger partial charge >= 0.3 is 11.8 Å². The first kappa shape index (κ1) is 23.5. The molecule has 0 bridgehead atoms. The number of rotatable bonds is 5. The van der Waals surface area contributed by atoms with E-state index in [2.05, 4.69) is 15.0 Å². The molecule has 2 heterocycles. The Kier molecular flexibility index (Phi) is 7.02. The van der Waals surface area contributed by atoms with Gasteiger partial charge in [0.15, 0.2) is 0 Å². The van der Waals surface area contributed by atoms with Crippen molar-refractivity contribution in [2.24, 2.45) is 5.92 Å². The van der Waals surface area contributed by atoms with Crippen molar-refractivity contribution >= 4 is 39.0 Å². The minimum Gasteiger partial charge on any atom is -0.383 e. The van der Waals surface area contributed by atoms with Crippen molar-refractivity contribution in [1.29, 1.82) is 0 Å². The smallest absolute Gasteiger partial charge is 0.313 e. The van der Waals surface area contributed by atoms with E-state index in [0.29, 0.717) is 36.6 Å².